The molecule has 1 saturated heterocycles. The third-order valence-corrected chi connectivity index (χ3v) is 5.33. The van der Waals surface area contributed by atoms with Crippen molar-refractivity contribution in [2.24, 2.45) is 5.41 Å². The first-order valence-corrected chi connectivity index (χ1v) is 9.41. The molecule has 0 aliphatic carbocycles. The van der Waals surface area contributed by atoms with Gasteiger partial charge in [-0.15, -0.1) is 0 Å². The minimum atomic E-state index is -0.705. The Morgan fingerprint density at radius 1 is 0.963 bits per heavy atom. The molecular formula is C23H29NO3. The van der Waals surface area contributed by atoms with Crippen molar-refractivity contribution in [3.63, 3.8) is 0 Å². The maximum atomic E-state index is 11.7. The molecule has 0 spiro atoms. The second-order valence-corrected chi connectivity index (χ2v) is 8.71. The van der Waals surface area contributed by atoms with Gasteiger partial charge in [-0.25, -0.2) is 4.79 Å². The summed E-state index contributed by atoms with van der Waals surface area (Å²) < 4.78 is 12.2. The molecule has 0 aromatic heterocycles. The Bertz CT molecular complexity index is 739. The zero-order valence-corrected chi connectivity index (χ0v) is 16.8. The van der Waals surface area contributed by atoms with E-state index in [2.05, 4.69) is 50.4 Å². The van der Waals surface area contributed by atoms with Gasteiger partial charge in [-0.3, -0.25) is 0 Å². The number of amides is 1. The second kappa shape index (κ2) is 7.01. The number of hydrogen-bond acceptors (Lipinski definition) is 3. The molecule has 1 unspecified atom stereocenters. The summed E-state index contributed by atoms with van der Waals surface area (Å²) in [6.07, 6.45) is -0.713. The highest BCUT2D eigenvalue weighted by Gasteiger charge is 2.51. The molecule has 0 bridgehead atoms. The maximum absolute atomic E-state index is 11.7. The highest BCUT2D eigenvalue weighted by molar-refractivity contribution is 5.69. The summed E-state index contributed by atoms with van der Waals surface area (Å²) in [5, 5.41) is 2.90. The van der Waals surface area contributed by atoms with Gasteiger partial charge in [0.05, 0.1) is 5.54 Å². The number of nitrogens with one attached hydrogen (secondary N) is 1. The van der Waals surface area contributed by atoms with Crippen LogP contribution in [0.15, 0.2) is 60.7 Å². The average molecular weight is 367 g/mol. The average Bonchev–Trinajstić information content (AvgIpc) is 2.61. The Kier molecular flexibility index (Phi) is 5.04. The minimum absolute atomic E-state index is 0.219. The van der Waals surface area contributed by atoms with Crippen LogP contribution in [0.3, 0.4) is 0 Å². The van der Waals surface area contributed by atoms with Crippen LogP contribution in [0.2, 0.25) is 0 Å². The van der Waals surface area contributed by atoms with Crippen LogP contribution in [0.4, 0.5) is 4.79 Å². The fraction of sp³-hybridized carbons (Fsp3) is 0.435. The molecule has 1 aliphatic rings. The lowest BCUT2D eigenvalue weighted by atomic mass is 9.67. The van der Waals surface area contributed by atoms with Gasteiger partial charge in [0.25, 0.3) is 0 Å². The lowest BCUT2D eigenvalue weighted by molar-refractivity contribution is -0.175. The van der Waals surface area contributed by atoms with Gasteiger partial charge < -0.3 is 14.8 Å². The van der Waals surface area contributed by atoms with E-state index in [1.54, 1.807) is 0 Å². The van der Waals surface area contributed by atoms with E-state index in [1.165, 1.54) is 0 Å². The largest absolute Gasteiger partial charge is 0.447 e. The smallest absolute Gasteiger partial charge is 0.407 e. The molecular weight excluding hydrogens is 338 g/mol. The van der Waals surface area contributed by atoms with Gasteiger partial charge in [-0.1, -0.05) is 81.4 Å². The molecule has 0 radical (unpaired) electrons. The monoisotopic (exact) mass is 367 g/mol. The molecule has 1 atom stereocenters. The second-order valence-electron chi connectivity index (χ2n) is 8.71. The van der Waals surface area contributed by atoms with Crippen LogP contribution in [0, 0.1) is 5.41 Å². The Balaban J connectivity index is 2.17. The zero-order valence-electron chi connectivity index (χ0n) is 16.8. The van der Waals surface area contributed by atoms with Gasteiger partial charge in [0.1, 0.15) is 18.3 Å². The van der Waals surface area contributed by atoms with Crippen LogP contribution in [0.25, 0.3) is 0 Å². The van der Waals surface area contributed by atoms with Crippen molar-refractivity contribution >= 4 is 6.09 Å². The fourth-order valence-electron chi connectivity index (χ4n) is 3.83. The van der Waals surface area contributed by atoms with Crippen molar-refractivity contribution in [3.05, 3.63) is 71.8 Å². The van der Waals surface area contributed by atoms with Gasteiger partial charge in [0.15, 0.2) is 0 Å². The van der Waals surface area contributed by atoms with E-state index < -0.39 is 17.2 Å². The van der Waals surface area contributed by atoms with Crippen molar-refractivity contribution < 1.29 is 14.3 Å². The Hall–Kier alpha value is -2.33. The summed E-state index contributed by atoms with van der Waals surface area (Å²) >= 11 is 0. The molecule has 27 heavy (non-hydrogen) atoms. The number of cyclic esters (lactones) is 1. The van der Waals surface area contributed by atoms with Crippen LogP contribution in [-0.4, -0.2) is 24.3 Å². The normalized spacial score (nSPS) is 19.9. The maximum Gasteiger partial charge on any atom is 0.407 e. The van der Waals surface area contributed by atoms with E-state index in [-0.39, 0.29) is 18.1 Å². The first-order valence-electron chi connectivity index (χ1n) is 9.41. The molecule has 0 saturated carbocycles. The molecule has 1 aliphatic heterocycles. The van der Waals surface area contributed by atoms with Gasteiger partial charge in [-0.05, 0) is 30.4 Å². The number of alkyl carbamates (subject to hydrolysis) is 1. The number of benzene rings is 2. The molecule has 1 amide bonds. The van der Waals surface area contributed by atoms with E-state index in [0.717, 1.165) is 11.1 Å². The summed E-state index contributed by atoms with van der Waals surface area (Å²) in [4.78, 5) is 11.7. The third-order valence-electron chi connectivity index (χ3n) is 5.33. The lowest BCUT2D eigenvalue weighted by Crippen LogP contribution is -2.62. The molecule has 1 N–H and O–H groups in total. The summed E-state index contributed by atoms with van der Waals surface area (Å²) in [6, 6.07) is 20.6. The van der Waals surface area contributed by atoms with E-state index in [9.17, 15) is 4.79 Å². The first-order chi connectivity index (χ1) is 12.7. The van der Waals surface area contributed by atoms with Crippen LogP contribution in [0.5, 0.6) is 0 Å². The molecule has 144 valence electrons. The van der Waals surface area contributed by atoms with Crippen molar-refractivity contribution in [3.8, 4) is 0 Å². The molecule has 1 heterocycles. The van der Waals surface area contributed by atoms with Crippen LogP contribution < -0.4 is 5.32 Å². The highest BCUT2D eigenvalue weighted by Crippen LogP contribution is 2.49. The molecule has 2 aromatic rings. The van der Waals surface area contributed by atoms with Crippen LogP contribution in [-0.2, 0) is 15.1 Å². The van der Waals surface area contributed by atoms with Gasteiger partial charge in [0.2, 0.25) is 0 Å². The van der Waals surface area contributed by atoms with E-state index in [1.807, 2.05) is 50.2 Å². The summed E-state index contributed by atoms with van der Waals surface area (Å²) in [5.74, 6) is 0. The summed E-state index contributed by atoms with van der Waals surface area (Å²) in [7, 11) is 0. The third kappa shape index (κ3) is 3.59. The van der Waals surface area contributed by atoms with E-state index >= 15 is 0 Å². The van der Waals surface area contributed by atoms with Crippen molar-refractivity contribution in [1.29, 1.82) is 0 Å². The SMILES string of the molecule is CC1(C)NC(=O)OCC1OC(c1ccccc1)(c1ccccc1)C(C)(C)C. The zero-order chi connectivity index (χ0) is 19.7. The van der Waals surface area contributed by atoms with E-state index in [4.69, 9.17) is 9.47 Å². The Morgan fingerprint density at radius 2 is 1.44 bits per heavy atom. The number of rotatable bonds is 4. The predicted molar refractivity (Wildman–Crippen MR) is 107 cm³/mol. The van der Waals surface area contributed by atoms with Crippen LogP contribution >= 0.6 is 0 Å². The predicted octanol–water partition coefficient (Wildman–Crippen LogP) is 4.88. The number of carbonyl (C=O) groups excluding carboxylic acids is 1. The van der Waals surface area contributed by atoms with Gasteiger partial charge >= 0.3 is 6.09 Å². The minimum Gasteiger partial charge on any atom is -0.447 e. The molecule has 4 heteroatoms. The molecule has 2 aromatic carbocycles. The fourth-order valence-corrected chi connectivity index (χ4v) is 3.83. The number of ether oxygens (including phenoxy) is 2. The lowest BCUT2D eigenvalue weighted by Gasteiger charge is -2.50. The molecule has 3 rings (SSSR count). The number of carbonyl (C=O) groups is 1. The van der Waals surface area contributed by atoms with Gasteiger partial charge in [0, 0.05) is 0 Å². The van der Waals surface area contributed by atoms with Crippen LogP contribution in [0.1, 0.15) is 45.7 Å². The first kappa shape index (κ1) is 19.4. The quantitative estimate of drug-likeness (QED) is 0.838. The van der Waals surface area contributed by atoms with Gasteiger partial charge in [-0.2, -0.15) is 0 Å². The molecule has 4 nitrogen and oxygen atoms in total. The van der Waals surface area contributed by atoms with Crippen molar-refractivity contribution in [2.45, 2.75) is 51.9 Å². The highest BCUT2D eigenvalue weighted by atomic mass is 16.6. The standard InChI is InChI=1S/C23H29NO3/c1-21(2,3)23(17-12-8-6-9-13-17,18-14-10-7-11-15-18)27-19-16-26-20(25)24-22(19,4)5/h6-15,19H,16H2,1-5H3,(H,24,25). The summed E-state index contributed by atoms with van der Waals surface area (Å²) in [5.41, 5.74) is 0.652. The van der Waals surface area contributed by atoms with E-state index in [0.29, 0.717) is 0 Å². The number of hydrogen-bond donors (Lipinski definition) is 1. The Morgan fingerprint density at radius 3 is 1.85 bits per heavy atom. The topological polar surface area (TPSA) is 47.6 Å². The molecule has 1 fully saturated rings. The summed E-state index contributed by atoms with van der Waals surface area (Å²) in [6.45, 7) is 10.7. The van der Waals surface area contributed by atoms with Crippen molar-refractivity contribution in [1.82, 2.24) is 5.32 Å². The van der Waals surface area contributed by atoms with Crippen molar-refractivity contribution in [2.75, 3.05) is 6.61 Å². The Labute approximate surface area is 161 Å².